The maximum absolute atomic E-state index is 12.0. The lowest BCUT2D eigenvalue weighted by Crippen LogP contribution is -2.31. The number of amides is 1. The fourth-order valence-corrected chi connectivity index (χ4v) is 1.75. The summed E-state index contributed by atoms with van der Waals surface area (Å²) in [5.41, 5.74) is 2.69. The predicted molar refractivity (Wildman–Crippen MR) is 83.1 cm³/mol. The highest BCUT2D eigenvalue weighted by molar-refractivity contribution is 5.97. The zero-order valence-corrected chi connectivity index (χ0v) is 13.1. The molecule has 112 valence electrons. The van der Waals surface area contributed by atoms with Crippen LogP contribution in [-0.2, 0) is 0 Å². The molecule has 0 spiro atoms. The zero-order chi connectivity index (χ0) is 15.3. The molecule has 0 saturated heterocycles. The van der Waals surface area contributed by atoms with Crippen LogP contribution < -0.4 is 10.6 Å². The van der Waals surface area contributed by atoms with Gasteiger partial charge >= 0.3 is 0 Å². The highest BCUT2D eigenvalue weighted by Crippen LogP contribution is 2.26. The quantitative estimate of drug-likeness (QED) is 0.775. The van der Waals surface area contributed by atoms with Crippen molar-refractivity contribution in [3.05, 3.63) is 29.3 Å². The van der Waals surface area contributed by atoms with E-state index in [2.05, 4.69) is 38.3 Å². The van der Waals surface area contributed by atoms with E-state index >= 15 is 0 Å². The van der Waals surface area contributed by atoms with Crippen molar-refractivity contribution in [1.29, 1.82) is 0 Å². The molecule has 1 rings (SSSR count). The first-order chi connectivity index (χ1) is 9.27. The summed E-state index contributed by atoms with van der Waals surface area (Å²) in [4.78, 5) is 12.0. The van der Waals surface area contributed by atoms with Gasteiger partial charge in [0.1, 0.15) is 0 Å². The molecule has 0 saturated carbocycles. The van der Waals surface area contributed by atoms with Crippen LogP contribution in [0.5, 0.6) is 0 Å². The molecule has 20 heavy (non-hydrogen) atoms. The molecule has 1 unspecified atom stereocenters. The highest BCUT2D eigenvalue weighted by atomic mass is 16.3. The Bertz CT molecular complexity index is 464. The number of rotatable bonds is 5. The normalized spacial score (nSPS) is 12.9. The summed E-state index contributed by atoms with van der Waals surface area (Å²) in [7, 11) is 0. The van der Waals surface area contributed by atoms with Gasteiger partial charge in [-0.15, -0.1) is 0 Å². The van der Waals surface area contributed by atoms with Crippen LogP contribution in [0.2, 0.25) is 0 Å². The van der Waals surface area contributed by atoms with Crippen molar-refractivity contribution in [2.75, 3.05) is 18.5 Å². The first kappa shape index (κ1) is 16.5. The average Bonchev–Trinajstić information content (AvgIpc) is 2.37. The fourth-order valence-electron chi connectivity index (χ4n) is 1.75. The van der Waals surface area contributed by atoms with Gasteiger partial charge in [-0.1, -0.05) is 26.8 Å². The molecule has 1 aromatic rings. The molecule has 1 aromatic carbocycles. The Labute approximate surface area is 121 Å². The number of carbonyl (C=O) groups is 1. The van der Waals surface area contributed by atoms with Crippen molar-refractivity contribution < 1.29 is 9.90 Å². The lowest BCUT2D eigenvalue weighted by molar-refractivity contribution is 0.0944. The lowest BCUT2D eigenvalue weighted by Gasteiger charge is -2.30. The van der Waals surface area contributed by atoms with Crippen LogP contribution in [-0.4, -0.2) is 30.2 Å². The predicted octanol–water partition coefficient (Wildman–Crippen LogP) is 2.56. The first-order valence-electron chi connectivity index (χ1n) is 7.02. The number of hydrogen-bond donors (Lipinski definition) is 3. The third kappa shape index (κ3) is 4.23. The first-order valence-corrected chi connectivity index (χ1v) is 7.02. The van der Waals surface area contributed by atoms with Crippen molar-refractivity contribution in [3.63, 3.8) is 0 Å². The minimum absolute atomic E-state index is 0.0518. The van der Waals surface area contributed by atoms with Crippen LogP contribution in [0.1, 0.15) is 43.6 Å². The molecule has 0 aromatic heterocycles. The molecule has 0 bridgehead atoms. The lowest BCUT2D eigenvalue weighted by atomic mass is 9.87. The van der Waals surface area contributed by atoms with E-state index in [1.165, 1.54) is 0 Å². The SMILES string of the molecule is Cc1c(NC(C)C(C)(C)C)cccc1C(=O)NCCO. The molecule has 4 heteroatoms. The van der Waals surface area contributed by atoms with Crippen molar-refractivity contribution in [2.45, 2.75) is 40.7 Å². The van der Waals surface area contributed by atoms with E-state index in [-0.39, 0.29) is 30.5 Å². The van der Waals surface area contributed by atoms with E-state index in [1.807, 2.05) is 19.1 Å². The van der Waals surface area contributed by atoms with Gasteiger partial charge in [0.05, 0.1) is 6.61 Å². The van der Waals surface area contributed by atoms with E-state index < -0.39 is 0 Å². The number of hydrogen-bond acceptors (Lipinski definition) is 3. The van der Waals surface area contributed by atoms with E-state index in [0.29, 0.717) is 5.56 Å². The molecule has 0 fully saturated rings. The van der Waals surface area contributed by atoms with E-state index in [4.69, 9.17) is 5.11 Å². The third-order valence-electron chi connectivity index (χ3n) is 3.65. The van der Waals surface area contributed by atoms with Crippen LogP contribution >= 0.6 is 0 Å². The second kappa shape index (κ2) is 6.75. The Morgan fingerprint density at radius 1 is 1.35 bits per heavy atom. The fraction of sp³-hybridized carbons (Fsp3) is 0.562. The second-order valence-electron chi connectivity index (χ2n) is 6.19. The summed E-state index contributed by atoms with van der Waals surface area (Å²) in [5.74, 6) is -0.149. The van der Waals surface area contributed by atoms with Crippen LogP contribution in [0.3, 0.4) is 0 Å². The topological polar surface area (TPSA) is 61.4 Å². The summed E-state index contributed by atoms with van der Waals surface area (Å²) in [6.45, 7) is 10.8. The molecule has 4 nitrogen and oxygen atoms in total. The Morgan fingerprint density at radius 3 is 2.55 bits per heavy atom. The van der Waals surface area contributed by atoms with Gasteiger partial charge in [-0.2, -0.15) is 0 Å². The van der Waals surface area contributed by atoms with Gasteiger partial charge in [0, 0.05) is 23.8 Å². The average molecular weight is 278 g/mol. The minimum atomic E-state index is -0.149. The van der Waals surface area contributed by atoms with Crippen molar-refractivity contribution in [3.8, 4) is 0 Å². The monoisotopic (exact) mass is 278 g/mol. The number of anilines is 1. The van der Waals surface area contributed by atoms with E-state index in [0.717, 1.165) is 11.3 Å². The smallest absolute Gasteiger partial charge is 0.251 e. The summed E-state index contributed by atoms with van der Waals surface area (Å²) >= 11 is 0. The Hall–Kier alpha value is -1.55. The Morgan fingerprint density at radius 2 is 2.00 bits per heavy atom. The minimum Gasteiger partial charge on any atom is -0.395 e. The number of carbonyl (C=O) groups excluding carboxylic acids is 1. The Balaban J connectivity index is 2.93. The molecular formula is C16H26N2O2. The van der Waals surface area contributed by atoms with Crippen molar-refractivity contribution >= 4 is 11.6 Å². The molecule has 0 radical (unpaired) electrons. The van der Waals surface area contributed by atoms with Crippen molar-refractivity contribution in [2.24, 2.45) is 5.41 Å². The standard InChI is InChI=1S/C16H26N2O2/c1-11-13(15(20)17-9-10-19)7-6-8-14(11)18-12(2)16(3,4)5/h6-8,12,18-19H,9-10H2,1-5H3,(H,17,20). The van der Waals surface area contributed by atoms with Gasteiger partial charge in [0.15, 0.2) is 0 Å². The molecule has 0 heterocycles. The highest BCUT2D eigenvalue weighted by Gasteiger charge is 2.21. The van der Waals surface area contributed by atoms with Gasteiger partial charge in [-0.05, 0) is 37.0 Å². The number of aliphatic hydroxyl groups is 1. The maximum Gasteiger partial charge on any atom is 0.251 e. The summed E-state index contributed by atoms with van der Waals surface area (Å²) in [5, 5.41) is 14.9. The molecule has 0 aliphatic carbocycles. The van der Waals surface area contributed by atoms with Crippen LogP contribution in [0.4, 0.5) is 5.69 Å². The molecule has 3 N–H and O–H groups in total. The van der Waals surface area contributed by atoms with Gasteiger partial charge < -0.3 is 15.7 Å². The largest absolute Gasteiger partial charge is 0.395 e. The summed E-state index contributed by atoms with van der Waals surface area (Å²) in [6.07, 6.45) is 0. The Kier molecular flexibility index (Phi) is 5.57. The van der Waals surface area contributed by atoms with Crippen LogP contribution in [0.25, 0.3) is 0 Å². The van der Waals surface area contributed by atoms with E-state index in [1.54, 1.807) is 6.07 Å². The summed E-state index contributed by atoms with van der Waals surface area (Å²) < 4.78 is 0. The zero-order valence-electron chi connectivity index (χ0n) is 13.1. The number of benzene rings is 1. The third-order valence-corrected chi connectivity index (χ3v) is 3.65. The van der Waals surface area contributed by atoms with Crippen LogP contribution in [0, 0.1) is 12.3 Å². The van der Waals surface area contributed by atoms with Gasteiger partial charge in [-0.25, -0.2) is 0 Å². The molecule has 1 atom stereocenters. The van der Waals surface area contributed by atoms with Gasteiger partial charge in [0.25, 0.3) is 5.91 Å². The van der Waals surface area contributed by atoms with Crippen molar-refractivity contribution in [1.82, 2.24) is 5.32 Å². The number of aliphatic hydroxyl groups excluding tert-OH is 1. The van der Waals surface area contributed by atoms with Gasteiger partial charge in [0.2, 0.25) is 0 Å². The van der Waals surface area contributed by atoms with Crippen LogP contribution in [0.15, 0.2) is 18.2 Å². The summed E-state index contributed by atoms with van der Waals surface area (Å²) in [6, 6.07) is 5.95. The second-order valence-corrected chi connectivity index (χ2v) is 6.19. The van der Waals surface area contributed by atoms with Gasteiger partial charge in [-0.3, -0.25) is 4.79 Å². The molecular weight excluding hydrogens is 252 g/mol. The molecule has 1 amide bonds. The maximum atomic E-state index is 12.0. The molecule has 0 aliphatic heterocycles. The van der Waals surface area contributed by atoms with E-state index in [9.17, 15) is 4.79 Å². The number of nitrogens with one attached hydrogen (secondary N) is 2. The molecule has 0 aliphatic rings.